The third kappa shape index (κ3) is 3.41. The molecule has 6 nitrogen and oxygen atoms in total. The minimum atomic E-state index is -1.24. The van der Waals surface area contributed by atoms with E-state index in [1.165, 1.54) is 0 Å². The maximum atomic E-state index is 15.2. The van der Waals surface area contributed by atoms with E-state index in [1.54, 1.807) is 11.8 Å². The van der Waals surface area contributed by atoms with Crippen LogP contribution < -0.4 is 16.0 Å². The Morgan fingerprint density at radius 1 is 1.34 bits per heavy atom. The molecule has 29 heavy (non-hydrogen) atoms. The van der Waals surface area contributed by atoms with E-state index < -0.39 is 29.8 Å². The van der Waals surface area contributed by atoms with Gasteiger partial charge in [0, 0.05) is 30.6 Å². The molecule has 1 aliphatic heterocycles. The lowest BCUT2D eigenvalue weighted by Gasteiger charge is -2.37. The largest absolute Gasteiger partial charge is 0.366 e. The second kappa shape index (κ2) is 7.39. The highest BCUT2D eigenvalue weighted by Gasteiger charge is 2.33. The Balaban J connectivity index is 1.79. The van der Waals surface area contributed by atoms with Gasteiger partial charge in [0.15, 0.2) is 0 Å². The van der Waals surface area contributed by atoms with E-state index in [0.717, 1.165) is 36.6 Å². The second-order valence-electron chi connectivity index (χ2n) is 7.59. The van der Waals surface area contributed by atoms with Gasteiger partial charge >= 0.3 is 0 Å². The number of hydrogen-bond acceptors (Lipinski definition) is 3. The zero-order chi connectivity index (χ0) is 20.7. The maximum absolute atomic E-state index is 15.2. The molecule has 8 heteroatoms. The lowest BCUT2D eigenvalue weighted by Crippen LogP contribution is -2.51. The fourth-order valence-corrected chi connectivity index (χ4v) is 4.53. The quantitative estimate of drug-likeness (QED) is 0.688. The summed E-state index contributed by atoms with van der Waals surface area (Å²) >= 11 is 0. The van der Waals surface area contributed by atoms with Crippen LogP contribution in [0, 0.1) is 17.7 Å². The third-order valence-electron chi connectivity index (χ3n) is 5.60. The molecule has 4 rings (SSSR count). The van der Waals surface area contributed by atoms with Gasteiger partial charge in [0.2, 0.25) is 0 Å². The number of nitrogens with two attached hydrogens (primary N) is 1. The fraction of sp³-hybridized carbons (Fsp3) is 0.429. The number of aromatic amines is 1. The van der Waals surface area contributed by atoms with Crippen molar-refractivity contribution in [2.24, 2.45) is 5.73 Å². The number of primary amides is 1. The Hall–Kier alpha value is -3.08. The molecule has 2 aliphatic rings. The summed E-state index contributed by atoms with van der Waals surface area (Å²) in [4.78, 5) is 28.5. The summed E-state index contributed by atoms with van der Waals surface area (Å²) in [6.45, 7) is 1.80. The number of aryl methyl sites for hydroxylation is 2. The van der Waals surface area contributed by atoms with Gasteiger partial charge in [-0.15, -0.1) is 0 Å². The number of piperidine rings is 1. The monoisotopic (exact) mass is 400 g/mol. The summed E-state index contributed by atoms with van der Waals surface area (Å²) in [5.74, 6) is 3.07. The number of carbonyl (C=O) groups is 2. The van der Waals surface area contributed by atoms with Crippen molar-refractivity contribution in [2.45, 2.75) is 44.8 Å². The molecule has 4 N–H and O–H groups in total. The van der Waals surface area contributed by atoms with Gasteiger partial charge in [0.1, 0.15) is 12.0 Å². The van der Waals surface area contributed by atoms with E-state index in [2.05, 4.69) is 22.1 Å². The highest BCUT2D eigenvalue weighted by Crippen LogP contribution is 2.40. The lowest BCUT2D eigenvalue weighted by atomic mass is 9.99. The SMILES string of the molecule is CC#CC(=O)N[C@H]1CC(F)CN(c2c(F)cc(C(N)=O)c3[nH]c4c(c23)CCC4)C1. The Morgan fingerprint density at radius 3 is 2.86 bits per heavy atom. The van der Waals surface area contributed by atoms with Crippen molar-refractivity contribution in [1.82, 2.24) is 10.3 Å². The molecule has 1 aromatic heterocycles. The van der Waals surface area contributed by atoms with E-state index in [4.69, 9.17) is 5.73 Å². The van der Waals surface area contributed by atoms with Crippen LogP contribution in [0.1, 0.15) is 41.4 Å². The smallest absolute Gasteiger partial charge is 0.296 e. The van der Waals surface area contributed by atoms with Gasteiger partial charge in [-0.05, 0) is 43.7 Å². The van der Waals surface area contributed by atoms with E-state index in [-0.39, 0.29) is 30.8 Å². The van der Waals surface area contributed by atoms with Gasteiger partial charge in [0.05, 0.1) is 22.8 Å². The van der Waals surface area contributed by atoms with Crippen molar-refractivity contribution in [3.63, 3.8) is 0 Å². The Kier molecular flexibility index (Phi) is 4.91. The zero-order valence-corrected chi connectivity index (χ0v) is 16.1. The van der Waals surface area contributed by atoms with E-state index in [0.29, 0.717) is 10.9 Å². The number of nitrogens with zero attached hydrogens (tertiary/aromatic N) is 1. The summed E-state index contributed by atoms with van der Waals surface area (Å²) in [7, 11) is 0. The predicted octanol–water partition coefficient (Wildman–Crippen LogP) is 1.95. The van der Waals surface area contributed by atoms with Crippen LogP contribution in [0.3, 0.4) is 0 Å². The zero-order valence-electron chi connectivity index (χ0n) is 16.1. The molecule has 0 saturated carbocycles. The van der Waals surface area contributed by atoms with E-state index >= 15 is 4.39 Å². The molecule has 0 bridgehead atoms. The number of alkyl halides is 1. The standard InChI is InChI=1S/C21H22F2N4O2/c1-2-4-17(28)25-12-7-11(22)9-27(10-12)20-15(23)8-14(21(24)29)19-18(20)13-5-3-6-16(13)26-19/h8,11-12,26H,3,5-7,9-10H2,1H3,(H2,24,29)(H,25,28)/t11?,12-/m0/s1. The second-order valence-corrected chi connectivity index (χ2v) is 7.59. The number of aromatic nitrogens is 1. The van der Waals surface area contributed by atoms with Gasteiger partial charge in [-0.1, -0.05) is 5.92 Å². The van der Waals surface area contributed by atoms with Crippen LogP contribution in [0.15, 0.2) is 6.07 Å². The molecule has 2 heterocycles. The first kappa shape index (κ1) is 19.2. The number of amides is 2. The molecule has 152 valence electrons. The highest BCUT2D eigenvalue weighted by atomic mass is 19.1. The molecule has 0 spiro atoms. The molecule has 1 unspecified atom stereocenters. The Labute approximate surface area is 166 Å². The number of anilines is 1. The molecule has 2 amide bonds. The number of benzene rings is 1. The van der Waals surface area contributed by atoms with Crippen LogP contribution in [-0.2, 0) is 17.6 Å². The summed E-state index contributed by atoms with van der Waals surface area (Å²) in [6, 6.07) is 0.619. The minimum Gasteiger partial charge on any atom is -0.366 e. The first-order valence-corrected chi connectivity index (χ1v) is 9.67. The molecule has 2 aromatic rings. The number of nitrogens with one attached hydrogen (secondary N) is 2. The lowest BCUT2D eigenvalue weighted by molar-refractivity contribution is -0.116. The van der Waals surface area contributed by atoms with E-state index in [1.807, 2.05) is 0 Å². The minimum absolute atomic E-state index is 0.00766. The van der Waals surface area contributed by atoms with Gasteiger partial charge in [-0.2, -0.15) is 0 Å². The van der Waals surface area contributed by atoms with Crippen molar-refractivity contribution < 1.29 is 18.4 Å². The summed E-state index contributed by atoms with van der Waals surface area (Å²) in [5.41, 5.74) is 8.23. The van der Waals surface area contributed by atoms with Crippen molar-refractivity contribution in [1.29, 1.82) is 0 Å². The molecule has 0 radical (unpaired) electrons. The first-order valence-electron chi connectivity index (χ1n) is 9.67. The maximum Gasteiger partial charge on any atom is 0.296 e. The van der Waals surface area contributed by atoms with Crippen LogP contribution in [0.25, 0.3) is 10.9 Å². The van der Waals surface area contributed by atoms with Crippen LogP contribution in [0.4, 0.5) is 14.5 Å². The fourth-order valence-electron chi connectivity index (χ4n) is 4.53. The number of rotatable bonds is 3. The van der Waals surface area contributed by atoms with Gasteiger partial charge in [-0.3, -0.25) is 9.59 Å². The highest BCUT2D eigenvalue weighted by molar-refractivity contribution is 6.10. The summed E-state index contributed by atoms with van der Waals surface area (Å²) < 4.78 is 29.7. The van der Waals surface area contributed by atoms with Crippen molar-refractivity contribution >= 4 is 28.4 Å². The topological polar surface area (TPSA) is 91.2 Å². The third-order valence-corrected chi connectivity index (χ3v) is 5.60. The number of halogens is 2. The molecular formula is C21H22F2N4O2. The summed E-state index contributed by atoms with van der Waals surface area (Å²) in [6.07, 6.45) is 1.40. The van der Waals surface area contributed by atoms with Crippen LogP contribution in [0.2, 0.25) is 0 Å². The van der Waals surface area contributed by atoms with Gasteiger partial charge < -0.3 is 20.9 Å². The normalized spacial score (nSPS) is 20.9. The average molecular weight is 400 g/mol. The number of H-pyrrole nitrogens is 1. The number of fused-ring (bicyclic) bond motifs is 3. The molecular weight excluding hydrogens is 378 g/mol. The number of hydrogen-bond donors (Lipinski definition) is 3. The molecule has 1 aromatic carbocycles. The van der Waals surface area contributed by atoms with Gasteiger partial charge in [0.25, 0.3) is 11.8 Å². The predicted molar refractivity (Wildman–Crippen MR) is 106 cm³/mol. The molecule has 2 atom stereocenters. The summed E-state index contributed by atoms with van der Waals surface area (Å²) in [5, 5.41) is 3.29. The number of carbonyl (C=O) groups excluding carboxylic acids is 2. The first-order chi connectivity index (χ1) is 13.9. The Morgan fingerprint density at radius 2 is 2.14 bits per heavy atom. The van der Waals surface area contributed by atoms with Crippen molar-refractivity contribution in [3.8, 4) is 11.8 Å². The van der Waals surface area contributed by atoms with E-state index in [9.17, 15) is 14.0 Å². The van der Waals surface area contributed by atoms with Crippen molar-refractivity contribution in [3.05, 3.63) is 28.7 Å². The molecule has 1 fully saturated rings. The average Bonchev–Trinajstić information content (AvgIpc) is 3.22. The molecule has 1 aliphatic carbocycles. The Bertz CT molecular complexity index is 1070. The van der Waals surface area contributed by atoms with Crippen molar-refractivity contribution in [2.75, 3.05) is 18.0 Å². The van der Waals surface area contributed by atoms with Gasteiger partial charge in [-0.25, -0.2) is 8.78 Å². The van der Waals surface area contributed by atoms with Crippen LogP contribution in [-0.4, -0.2) is 42.1 Å². The molecule has 1 saturated heterocycles. The van der Waals surface area contributed by atoms with Crippen LogP contribution >= 0.6 is 0 Å². The van der Waals surface area contributed by atoms with Crippen LogP contribution in [0.5, 0.6) is 0 Å².